The number of carbonyl (C=O) groups is 2. The Balaban J connectivity index is 2.11. The third-order valence-electron chi connectivity index (χ3n) is 4.43. The van der Waals surface area contributed by atoms with Gasteiger partial charge in [-0.3, -0.25) is 9.59 Å². The van der Waals surface area contributed by atoms with Gasteiger partial charge >= 0.3 is 5.97 Å². The average Bonchev–Trinajstić information content (AvgIpc) is 2.68. The van der Waals surface area contributed by atoms with Crippen molar-refractivity contribution < 1.29 is 23.5 Å². The molecule has 0 fully saturated rings. The van der Waals surface area contributed by atoms with Crippen LogP contribution in [0.2, 0.25) is 0 Å². The summed E-state index contributed by atoms with van der Waals surface area (Å²) in [6.07, 6.45) is 0. The van der Waals surface area contributed by atoms with Crippen LogP contribution in [0.5, 0.6) is 5.75 Å². The average molecular weight is 387 g/mol. The fraction of sp³-hybridized carbons (Fsp3) is 0.364. The van der Waals surface area contributed by atoms with Crippen LogP contribution in [0.25, 0.3) is 0 Å². The SMILES string of the molecule is COC(=O)C(C)CN(Cc1ccc(F)cc1)C(=O)COc1cc(C)ccc1C. The second-order valence-corrected chi connectivity index (χ2v) is 6.88. The molecule has 0 N–H and O–H groups in total. The van der Waals surface area contributed by atoms with Crippen LogP contribution >= 0.6 is 0 Å². The van der Waals surface area contributed by atoms with Gasteiger partial charge in [-0.1, -0.05) is 31.2 Å². The molecule has 0 bridgehead atoms. The highest BCUT2D eigenvalue weighted by Crippen LogP contribution is 2.19. The number of nitrogens with zero attached hydrogens (tertiary/aromatic N) is 1. The van der Waals surface area contributed by atoms with E-state index in [4.69, 9.17) is 9.47 Å². The molecule has 1 amide bonds. The van der Waals surface area contributed by atoms with Crippen molar-refractivity contribution >= 4 is 11.9 Å². The van der Waals surface area contributed by atoms with E-state index in [0.29, 0.717) is 5.75 Å². The quantitative estimate of drug-likeness (QED) is 0.649. The summed E-state index contributed by atoms with van der Waals surface area (Å²) in [5, 5.41) is 0. The lowest BCUT2D eigenvalue weighted by Gasteiger charge is -2.25. The standard InChI is InChI=1S/C22H26FNO4/c1-15-5-6-16(2)20(11-15)28-14-21(25)24(12-17(3)22(26)27-4)13-18-7-9-19(23)10-8-18/h5-11,17H,12-14H2,1-4H3. The van der Waals surface area contributed by atoms with E-state index in [2.05, 4.69) is 0 Å². The van der Waals surface area contributed by atoms with Crippen LogP contribution in [0.4, 0.5) is 4.39 Å². The number of halogens is 1. The number of rotatable bonds is 8. The number of hydrogen-bond donors (Lipinski definition) is 0. The molecule has 0 aliphatic heterocycles. The van der Waals surface area contributed by atoms with E-state index < -0.39 is 11.9 Å². The van der Waals surface area contributed by atoms with E-state index in [-0.39, 0.29) is 31.4 Å². The minimum absolute atomic E-state index is 0.153. The molecule has 0 radical (unpaired) electrons. The van der Waals surface area contributed by atoms with Crippen LogP contribution < -0.4 is 4.74 Å². The molecule has 28 heavy (non-hydrogen) atoms. The minimum atomic E-state index is -0.491. The highest BCUT2D eigenvalue weighted by molar-refractivity contribution is 5.79. The lowest BCUT2D eigenvalue weighted by Crippen LogP contribution is -2.39. The van der Waals surface area contributed by atoms with E-state index in [0.717, 1.165) is 16.7 Å². The minimum Gasteiger partial charge on any atom is -0.483 e. The molecule has 6 heteroatoms. The molecule has 0 spiro atoms. The fourth-order valence-electron chi connectivity index (χ4n) is 2.76. The first-order chi connectivity index (χ1) is 13.3. The molecule has 2 aromatic rings. The summed E-state index contributed by atoms with van der Waals surface area (Å²) in [5.41, 5.74) is 2.74. The molecule has 0 saturated carbocycles. The Bertz CT molecular complexity index is 820. The summed E-state index contributed by atoms with van der Waals surface area (Å²) in [7, 11) is 1.31. The number of carbonyl (C=O) groups excluding carboxylic acids is 2. The van der Waals surface area contributed by atoms with Crippen molar-refractivity contribution in [1.29, 1.82) is 0 Å². The van der Waals surface area contributed by atoms with Crippen LogP contribution in [0.1, 0.15) is 23.6 Å². The number of amides is 1. The van der Waals surface area contributed by atoms with Gasteiger partial charge in [-0.25, -0.2) is 4.39 Å². The van der Waals surface area contributed by atoms with Crippen LogP contribution in [0.3, 0.4) is 0 Å². The summed E-state index contributed by atoms with van der Waals surface area (Å²) >= 11 is 0. The van der Waals surface area contributed by atoms with Gasteiger partial charge in [0.15, 0.2) is 6.61 Å². The van der Waals surface area contributed by atoms with Gasteiger partial charge < -0.3 is 14.4 Å². The van der Waals surface area contributed by atoms with Gasteiger partial charge in [0.1, 0.15) is 11.6 Å². The predicted molar refractivity (Wildman–Crippen MR) is 104 cm³/mol. The zero-order chi connectivity index (χ0) is 20.7. The first kappa shape index (κ1) is 21.4. The molecule has 0 saturated heterocycles. The molecule has 2 aromatic carbocycles. The highest BCUT2D eigenvalue weighted by Gasteiger charge is 2.22. The topological polar surface area (TPSA) is 55.8 Å². The van der Waals surface area contributed by atoms with E-state index >= 15 is 0 Å². The first-order valence-corrected chi connectivity index (χ1v) is 9.10. The Morgan fingerprint density at radius 1 is 1.11 bits per heavy atom. The van der Waals surface area contributed by atoms with E-state index in [9.17, 15) is 14.0 Å². The van der Waals surface area contributed by atoms with Crippen molar-refractivity contribution in [1.82, 2.24) is 4.90 Å². The maximum atomic E-state index is 13.2. The van der Waals surface area contributed by atoms with Crippen molar-refractivity contribution in [3.05, 3.63) is 65.0 Å². The largest absolute Gasteiger partial charge is 0.483 e. The maximum Gasteiger partial charge on any atom is 0.310 e. The van der Waals surface area contributed by atoms with Crippen LogP contribution in [0, 0.1) is 25.6 Å². The number of hydrogen-bond acceptors (Lipinski definition) is 4. The van der Waals surface area contributed by atoms with Gasteiger partial charge in [0.05, 0.1) is 13.0 Å². The van der Waals surface area contributed by atoms with Crippen molar-refractivity contribution in [2.75, 3.05) is 20.3 Å². The predicted octanol–water partition coefficient (Wildman–Crippen LogP) is 3.66. The molecule has 150 valence electrons. The highest BCUT2D eigenvalue weighted by atomic mass is 19.1. The molecule has 5 nitrogen and oxygen atoms in total. The van der Waals surface area contributed by atoms with E-state index in [1.165, 1.54) is 24.1 Å². The Morgan fingerprint density at radius 3 is 2.43 bits per heavy atom. The number of methoxy groups -OCH3 is 1. The van der Waals surface area contributed by atoms with Gasteiger partial charge in [0.2, 0.25) is 0 Å². The molecule has 2 rings (SSSR count). The first-order valence-electron chi connectivity index (χ1n) is 9.10. The third kappa shape index (κ3) is 6.08. The van der Waals surface area contributed by atoms with Gasteiger partial charge in [-0.2, -0.15) is 0 Å². The molecular formula is C22H26FNO4. The van der Waals surface area contributed by atoms with Crippen molar-refractivity contribution in [3.63, 3.8) is 0 Å². The zero-order valence-electron chi connectivity index (χ0n) is 16.7. The normalized spacial score (nSPS) is 11.6. The number of ether oxygens (including phenoxy) is 2. The van der Waals surface area contributed by atoms with E-state index in [1.54, 1.807) is 19.1 Å². The number of benzene rings is 2. The Hall–Kier alpha value is -2.89. The van der Waals surface area contributed by atoms with Crippen molar-refractivity contribution in [2.45, 2.75) is 27.3 Å². The smallest absolute Gasteiger partial charge is 0.310 e. The monoisotopic (exact) mass is 387 g/mol. The molecule has 0 heterocycles. The maximum absolute atomic E-state index is 13.2. The second-order valence-electron chi connectivity index (χ2n) is 6.88. The molecule has 1 unspecified atom stereocenters. The van der Waals surface area contributed by atoms with Gasteiger partial charge in [0.25, 0.3) is 5.91 Å². The number of aryl methyl sites for hydroxylation is 2. The second kappa shape index (κ2) is 9.88. The lowest BCUT2D eigenvalue weighted by atomic mass is 10.1. The molecule has 0 aliphatic carbocycles. The fourth-order valence-corrected chi connectivity index (χ4v) is 2.76. The summed E-state index contributed by atoms with van der Waals surface area (Å²) in [5.74, 6) is -0.845. The van der Waals surface area contributed by atoms with Crippen molar-refractivity contribution in [3.8, 4) is 5.75 Å². The molecule has 1 atom stereocenters. The summed E-state index contributed by atoms with van der Waals surface area (Å²) < 4.78 is 23.6. The Labute approximate surface area is 165 Å². The summed E-state index contributed by atoms with van der Waals surface area (Å²) in [6.45, 7) is 5.83. The number of esters is 1. The Kier molecular flexibility index (Phi) is 7.55. The van der Waals surface area contributed by atoms with Crippen molar-refractivity contribution in [2.24, 2.45) is 5.92 Å². The Morgan fingerprint density at radius 2 is 1.79 bits per heavy atom. The summed E-state index contributed by atoms with van der Waals surface area (Å²) in [6, 6.07) is 11.7. The molecule has 0 aromatic heterocycles. The van der Waals surface area contributed by atoms with Crippen LogP contribution in [0.15, 0.2) is 42.5 Å². The van der Waals surface area contributed by atoms with Gasteiger partial charge in [-0.05, 0) is 48.7 Å². The van der Waals surface area contributed by atoms with Crippen LogP contribution in [-0.4, -0.2) is 37.0 Å². The third-order valence-corrected chi connectivity index (χ3v) is 4.43. The van der Waals surface area contributed by atoms with Crippen LogP contribution in [-0.2, 0) is 20.9 Å². The zero-order valence-corrected chi connectivity index (χ0v) is 16.7. The lowest BCUT2D eigenvalue weighted by molar-refractivity contribution is -0.147. The van der Waals surface area contributed by atoms with Gasteiger partial charge in [-0.15, -0.1) is 0 Å². The molecule has 0 aliphatic rings. The van der Waals surface area contributed by atoms with E-state index in [1.807, 2.05) is 32.0 Å². The van der Waals surface area contributed by atoms with Gasteiger partial charge in [0, 0.05) is 13.1 Å². The summed E-state index contributed by atoms with van der Waals surface area (Å²) in [4.78, 5) is 26.1. The molecular weight excluding hydrogens is 361 g/mol.